The second-order valence-electron chi connectivity index (χ2n) is 0.613. The molecule has 0 heterocycles. The summed E-state index contributed by atoms with van der Waals surface area (Å²) in [6, 6.07) is 0. The van der Waals surface area contributed by atoms with Crippen molar-refractivity contribution in [2.75, 3.05) is 6.61 Å². The number of rotatable bonds is 1. The highest BCUT2D eigenvalue weighted by atomic mass is 17.1. The third-order valence-corrected chi connectivity index (χ3v) is 0.222. The lowest BCUT2D eigenvalue weighted by molar-refractivity contribution is -0.280. The number of hydrogen-bond acceptors (Lipinski definition) is 3. The summed E-state index contributed by atoms with van der Waals surface area (Å²) in [7, 11) is 0. The Bertz CT molecular complexity index is 43.5. The fraction of sp³-hybridized carbons (Fsp3) is 0.500. The van der Waals surface area contributed by atoms with E-state index in [1.165, 1.54) is 0 Å². The molecule has 0 bridgehead atoms. The fourth-order valence-corrected chi connectivity index (χ4v) is 0.0264. The molecule has 4 heteroatoms. The molecule has 0 atom stereocenters. The van der Waals surface area contributed by atoms with Gasteiger partial charge in [0.15, 0.2) is 0 Å². The van der Waals surface area contributed by atoms with Gasteiger partial charge in [0.25, 0.3) is 0 Å². The van der Waals surface area contributed by atoms with E-state index in [-0.39, 0.29) is 0 Å². The van der Waals surface area contributed by atoms with Gasteiger partial charge in [0.1, 0.15) is 6.61 Å². The van der Waals surface area contributed by atoms with Crippen molar-refractivity contribution in [3.8, 4) is 0 Å². The van der Waals surface area contributed by atoms with E-state index in [1.54, 1.807) is 0 Å². The Balaban J connectivity index is 2.99. The van der Waals surface area contributed by atoms with Crippen LogP contribution in [0, 0.1) is 0 Å². The average Bonchev–Trinajstić information content (AvgIpc) is 1.65. The van der Waals surface area contributed by atoms with Crippen molar-refractivity contribution >= 4 is 5.97 Å². The third-order valence-electron chi connectivity index (χ3n) is 0.222. The zero-order chi connectivity index (χ0) is 4.99. The van der Waals surface area contributed by atoms with Gasteiger partial charge >= 0.3 is 5.97 Å². The molecular weight excluding hydrogens is 88.0 g/mol. The van der Waals surface area contributed by atoms with E-state index in [0.717, 1.165) is 0 Å². The number of carbonyl (C=O) groups is 1. The predicted molar refractivity (Wildman–Crippen MR) is 13.9 cm³/mol. The van der Waals surface area contributed by atoms with Crippen LogP contribution in [0.15, 0.2) is 0 Å². The molecule has 0 aromatic carbocycles. The Kier molecular flexibility index (Phi) is 2.35. The van der Waals surface area contributed by atoms with E-state index in [0.29, 0.717) is 0 Å². The summed E-state index contributed by atoms with van der Waals surface area (Å²) in [5.74, 6) is -1.16. The Morgan fingerprint density at radius 3 is 2.33 bits per heavy atom. The molecule has 0 fully saturated rings. The Morgan fingerprint density at radius 2 is 2.33 bits per heavy atom. The van der Waals surface area contributed by atoms with Gasteiger partial charge in [0, 0.05) is 5.26 Å². The maximum atomic E-state index is 9.40. The zero-order valence-electron chi connectivity index (χ0n) is 2.88. The molecule has 0 aromatic rings. The van der Waals surface area contributed by atoms with Crippen LogP contribution >= 0.6 is 0 Å². The lowest BCUT2D eigenvalue weighted by Crippen LogP contribution is -2.03. The molecule has 35 valence electrons. The topological polar surface area (TPSA) is 66.4 Å². The molecule has 0 rings (SSSR count). The monoisotopic (exact) mass is 91.0 g/mol. The molecule has 0 spiro atoms. The molecule has 0 saturated carbocycles. The van der Waals surface area contributed by atoms with Crippen molar-refractivity contribution in [3.05, 3.63) is 0 Å². The SMILES string of the molecule is [O]OC(=O)CO. The Hall–Kier alpha value is -0.610. The molecule has 0 aliphatic carbocycles. The quantitative estimate of drug-likeness (QED) is 0.328. The van der Waals surface area contributed by atoms with E-state index in [2.05, 4.69) is 4.89 Å². The molecule has 0 saturated heterocycles. The number of aliphatic hydroxyl groups is 1. The van der Waals surface area contributed by atoms with Gasteiger partial charge < -0.3 is 5.11 Å². The van der Waals surface area contributed by atoms with Crippen LogP contribution in [0.2, 0.25) is 0 Å². The lowest BCUT2D eigenvalue weighted by atomic mass is 10.8. The molecule has 0 unspecified atom stereocenters. The minimum atomic E-state index is -1.16. The van der Waals surface area contributed by atoms with Crippen molar-refractivity contribution in [1.82, 2.24) is 0 Å². The second kappa shape index (κ2) is 2.62. The van der Waals surface area contributed by atoms with Crippen molar-refractivity contribution in [2.45, 2.75) is 0 Å². The maximum Gasteiger partial charge on any atom is 0.370 e. The summed E-state index contributed by atoms with van der Waals surface area (Å²) in [5.41, 5.74) is 0. The second-order valence-corrected chi connectivity index (χ2v) is 0.613. The molecule has 1 N–H and O–H groups in total. The summed E-state index contributed by atoms with van der Waals surface area (Å²) in [4.78, 5) is 12.2. The maximum absolute atomic E-state index is 9.40. The van der Waals surface area contributed by atoms with E-state index >= 15 is 0 Å². The normalized spacial score (nSPS) is 7.67. The van der Waals surface area contributed by atoms with Crippen LogP contribution in [0.25, 0.3) is 0 Å². The lowest BCUT2D eigenvalue weighted by Gasteiger charge is -1.79. The van der Waals surface area contributed by atoms with Crippen LogP contribution in [0.1, 0.15) is 0 Å². The van der Waals surface area contributed by atoms with Crippen molar-refractivity contribution in [1.29, 1.82) is 0 Å². The molecule has 0 aliphatic heterocycles. The zero-order valence-corrected chi connectivity index (χ0v) is 2.88. The van der Waals surface area contributed by atoms with Gasteiger partial charge in [-0.05, 0) is 0 Å². The third kappa shape index (κ3) is 1.68. The van der Waals surface area contributed by atoms with Gasteiger partial charge in [0.05, 0.1) is 0 Å². The number of hydrogen-bond donors (Lipinski definition) is 1. The molecular formula is C2H3O4. The van der Waals surface area contributed by atoms with E-state index in [9.17, 15) is 4.79 Å². The van der Waals surface area contributed by atoms with Crippen LogP contribution in [0.4, 0.5) is 0 Å². The minimum absolute atomic E-state index is 0.844. The molecule has 4 nitrogen and oxygen atoms in total. The molecule has 0 amide bonds. The van der Waals surface area contributed by atoms with Gasteiger partial charge in [-0.2, -0.15) is 0 Å². The fourth-order valence-electron chi connectivity index (χ4n) is 0.0264. The van der Waals surface area contributed by atoms with Gasteiger partial charge in [0.2, 0.25) is 0 Å². The largest absolute Gasteiger partial charge is 0.385 e. The summed E-state index contributed by atoms with van der Waals surface area (Å²) in [6.45, 7) is -0.844. The summed E-state index contributed by atoms with van der Waals surface area (Å²) in [5, 5.41) is 16.5. The van der Waals surface area contributed by atoms with Crippen LogP contribution < -0.4 is 0 Å². The first-order chi connectivity index (χ1) is 2.81. The Labute approximate surface area is 33.9 Å². The van der Waals surface area contributed by atoms with Crippen molar-refractivity contribution in [3.63, 3.8) is 0 Å². The first-order valence-electron chi connectivity index (χ1n) is 1.24. The average molecular weight is 91.0 g/mol. The van der Waals surface area contributed by atoms with E-state index < -0.39 is 12.6 Å². The minimum Gasteiger partial charge on any atom is -0.385 e. The first-order valence-corrected chi connectivity index (χ1v) is 1.24. The molecule has 0 aliphatic rings. The van der Waals surface area contributed by atoms with Gasteiger partial charge in [-0.3, -0.25) is 4.89 Å². The van der Waals surface area contributed by atoms with E-state index in [4.69, 9.17) is 10.4 Å². The summed E-state index contributed by atoms with van der Waals surface area (Å²) in [6.07, 6.45) is 0. The van der Waals surface area contributed by atoms with Crippen LogP contribution in [0.3, 0.4) is 0 Å². The van der Waals surface area contributed by atoms with Crippen molar-refractivity contribution in [2.24, 2.45) is 0 Å². The number of carbonyl (C=O) groups excluding carboxylic acids is 1. The molecule has 1 radical (unpaired) electrons. The van der Waals surface area contributed by atoms with Gasteiger partial charge in [-0.15, -0.1) is 0 Å². The van der Waals surface area contributed by atoms with Gasteiger partial charge in [-0.25, -0.2) is 4.79 Å². The predicted octanol–water partition coefficient (Wildman–Crippen LogP) is -1.13. The highest BCUT2D eigenvalue weighted by molar-refractivity contribution is 5.69. The van der Waals surface area contributed by atoms with Crippen LogP contribution in [-0.4, -0.2) is 17.7 Å². The van der Waals surface area contributed by atoms with Crippen LogP contribution in [-0.2, 0) is 14.9 Å². The highest BCUT2D eigenvalue weighted by Crippen LogP contribution is 1.64. The highest BCUT2D eigenvalue weighted by Gasteiger charge is 1.94. The standard InChI is InChI=1S/C2H3O4/c3-1-2(4)6-5/h3H,1H2. The van der Waals surface area contributed by atoms with Crippen LogP contribution in [0.5, 0.6) is 0 Å². The Morgan fingerprint density at radius 1 is 1.83 bits per heavy atom. The number of aliphatic hydroxyl groups excluding tert-OH is 1. The first kappa shape index (κ1) is 5.39. The summed E-state index contributed by atoms with van der Waals surface area (Å²) >= 11 is 0. The van der Waals surface area contributed by atoms with Gasteiger partial charge in [-0.1, -0.05) is 0 Å². The summed E-state index contributed by atoms with van der Waals surface area (Å²) < 4.78 is 0. The van der Waals surface area contributed by atoms with E-state index in [1.807, 2.05) is 0 Å². The van der Waals surface area contributed by atoms with Crippen molar-refractivity contribution < 1.29 is 20.0 Å². The molecule has 6 heavy (non-hydrogen) atoms. The smallest absolute Gasteiger partial charge is 0.370 e. The molecule has 0 aromatic heterocycles.